The zero-order valence-electron chi connectivity index (χ0n) is 13.3. The summed E-state index contributed by atoms with van der Waals surface area (Å²) in [6.45, 7) is 0.389. The smallest absolute Gasteiger partial charge is 0.341 e. The van der Waals surface area contributed by atoms with E-state index in [0.29, 0.717) is 6.54 Å². The molecule has 0 spiro atoms. The Hall–Kier alpha value is -2.11. The highest BCUT2D eigenvalue weighted by atomic mass is 19.1. The molecule has 0 radical (unpaired) electrons. The number of ether oxygens (including phenoxy) is 2. The van der Waals surface area contributed by atoms with Crippen LogP contribution in [0, 0.1) is 11.7 Å². The minimum atomic E-state index is -0.708. The number of rotatable bonds is 9. The highest BCUT2D eigenvalue weighted by Gasteiger charge is 2.20. The van der Waals surface area contributed by atoms with Crippen molar-refractivity contribution in [1.82, 2.24) is 5.32 Å². The summed E-state index contributed by atoms with van der Waals surface area (Å²) in [6, 6.07) is 3.50. The van der Waals surface area contributed by atoms with Crippen molar-refractivity contribution in [1.29, 1.82) is 0 Å². The molecule has 0 bridgehead atoms. The van der Waals surface area contributed by atoms with E-state index < -0.39 is 11.8 Å². The Labute approximate surface area is 135 Å². The van der Waals surface area contributed by atoms with Gasteiger partial charge in [0, 0.05) is 6.54 Å². The lowest BCUT2D eigenvalue weighted by Gasteiger charge is -2.10. The first-order valence-corrected chi connectivity index (χ1v) is 7.87. The van der Waals surface area contributed by atoms with E-state index in [-0.39, 0.29) is 23.8 Å². The fourth-order valence-corrected chi connectivity index (χ4v) is 2.28. The Morgan fingerprint density at radius 1 is 1.30 bits per heavy atom. The summed E-state index contributed by atoms with van der Waals surface area (Å²) in [7, 11) is 1.20. The van der Waals surface area contributed by atoms with Crippen molar-refractivity contribution in [3.05, 3.63) is 29.6 Å². The second kappa shape index (κ2) is 8.50. The van der Waals surface area contributed by atoms with Crippen LogP contribution in [0.1, 0.15) is 42.5 Å². The van der Waals surface area contributed by atoms with E-state index in [2.05, 4.69) is 10.1 Å². The highest BCUT2D eigenvalue weighted by molar-refractivity contribution is 5.92. The monoisotopic (exact) mass is 323 g/mol. The van der Waals surface area contributed by atoms with E-state index in [1.54, 1.807) is 0 Å². The van der Waals surface area contributed by atoms with E-state index >= 15 is 0 Å². The van der Waals surface area contributed by atoms with Gasteiger partial charge in [-0.05, 0) is 30.5 Å². The van der Waals surface area contributed by atoms with E-state index in [1.165, 1.54) is 32.4 Å². The topological polar surface area (TPSA) is 64.6 Å². The van der Waals surface area contributed by atoms with Crippen LogP contribution in [0.25, 0.3) is 0 Å². The Bertz CT molecular complexity index is 558. The number of hydrogen-bond acceptors (Lipinski definition) is 4. The molecular formula is C17H22FNO4. The average Bonchev–Trinajstić information content (AvgIpc) is 3.36. The minimum Gasteiger partial charge on any atom is -0.483 e. The number of benzene rings is 1. The van der Waals surface area contributed by atoms with Crippen molar-refractivity contribution in [2.45, 2.75) is 32.1 Å². The molecule has 2 rings (SSSR count). The summed E-state index contributed by atoms with van der Waals surface area (Å²) in [6.07, 6.45) is 6.01. The quantitative estimate of drug-likeness (QED) is 0.560. The Kier molecular flexibility index (Phi) is 6.38. The first-order chi connectivity index (χ1) is 11.1. The van der Waals surface area contributed by atoms with E-state index in [9.17, 15) is 14.0 Å². The van der Waals surface area contributed by atoms with Gasteiger partial charge in [-0.2, -0.15) is 0 Å². The molecular weight excluding hydrogens is 301 g/mol. The van der Waals surface area contributed by atoms with Gasteiger partial charge in [-0.1, -0.05) is 25.7 Å². The molecule has 6 heteroatoms. The third-order valence-electron chi connectivity index (χ3n) is 3.76. The van der Waals surface area contributed by atoms with Crippen LogP contribution in [0.15, 0.2) is 18.2 Å². The molecule has 0 atom stereocenters. The normalized spacial score (nSPS) is 13.5. The number of carbonyl (C=O) groups excluding carboxylic acids is 2. The van der Waals surface area contributed by atoms with E-state index in [0.717, 1.165) is 30.9 Å². The number of nitrogens with one attached hydrogen (secondary N) is 1. The second-order valence-corrected chi connectivity index (χ2v) is 5.71. The fourth-order valence-electron chi connectivity index (χ4n) is 2.28. The number of esters is 1. The number of hydrogen-bond donors (Lipinski definition) is 1. The maximum atomic E-state index is 13.2. The number of halogens is 1. The van der Waals surface area contributed by atoms with Crippen molar-refractivity contribution in [3.63, 3.8) is 0 Å². The van der Waals surface area contributed by atoms with Gasteiger partial charge in [-0.3, -0.25) is 4.79 Å². The average molecular weight is 323 g/mol. The summed E-state index contributed by atoms with van der Waals surface area (Å²) in [4.78, 5) is 23.3. The van der Waals surface area contributed by atoms with Gasteiger partial charge >= 0.3 is 5.97 Å². The largest absolute Gasteiger partial charge is 0.483 e. The molecule has 1 aliphatic rings. The molecule has 5 nitrogen and oxygen atoms in total. The van der Waals surface area contributed by atoms with Crippen molar-refractivity contribution >= 4 is 11.9 Å². The summed E-state index contributed by atoms with van der Waals surface area (Å²) in [5.41, 5.74) is -0.0373. The Morgan fingerprint density at radius 3 is 2.78 bits per heavy atom. The fraction of sp³-hybridized carbons (Fsp3) is 0.529. The van der Waals surface area contributed by atoms with Crippen LogP contribution < -0.4 is 10.1 Å². The zero-order valence-corrected chi connectivity index (χ0v) is 13.3. The molecule has 23 heavy (non-hydrogen) atoms. The van der Waals surface area contributed by atoms with Gasteiger partial charge in [0.2, 0.25) is 0 Å². The molecule has 1 aromatic rings. The molecule has 0 unspecified atom stereocenters. The summed E-state index contributed by atoms with van der Waals surface area (Å²) in [5, 5.41) is 2.77. The lowest BCUT2D eigenvalue weighted by Crippen LogP contribution is -2.30. The van der Waals surface area contributed by atoms with Crippen molar-refractivity contribution in [2.24, 2.45) is 5.92 Å². The summed E-state index contributed by atoms with van der Waals surface area (Å²) in [5.74, 6) is -0.513. The molecule has 0 aliphatic heterocycles. The molecule has 1 aromatic carbocycles. The van der Waals surface area contributed by atoms with E-state index in [4.69, 9.17) is 4.74 Å². The van der Waals surface area contributed by atoms with Gasteiger partial charge in [-0.15, -0.1) is 0 Å². The van der Waals surface area contributed by atoms with Crippen LogP contribution in [0.5, 0.6) is 5.75 Å². The zero-order chi connectivity index (χ0) is 16.7. The highest BCUT2D eigenvalue weighted by Crippen LogP contribution is 2.33. The summed E-state index contributed by atoms with van der Waals surface area (Å²) >= 11 is 0. The van der Waals surface area contributed by atoms with Crippen LogP contribution in [-0.2, 0) is 9.53 Å². The lowest BCUT2D eigenvalue weighted by atomic mass is 10.2. The number of amides is 1. The Balaban J connectivity index is 1.73. The van der Waals surface area contributed by atoms with Crippen LogP contribution in [0.2, 0.25) is 0 Å². The molecule has 1 fully saturated rings. The predicted molar refractivity (Wildman–Crippen MR) is 82.8 cm³/mol. The first-order valence-electron chi connectivity index (χ1n) is 7.87. The molecule has 1 N–H and O–H groups in total. The third-order valence-corrected chi connectivity index (χ3v) is 3.76. The molecule has 126 valence electrons. The molecule has 1 aliphatic carbocycles. The molecule has 1 amide bonds. The minimum absolute atomic E-state index is 0.0373. The van der Waals surface area contributed by atoms with Gasteiger partial charge in [0.25, 0.3) is 5.91 Å². The van der Waals surface area contributed by atoms with Crippen LogP contribution in [-0.4, -0.2) is 32.1 Å². The standard InChI is InChI=1S/C17H22FNO4/c1-22-17(21)14-10-13(18)7-8-15(14)23-11-16(20)19-9-3-2-4-12-5-6-12/h7-8,10,12H,2-6,9,11H2,1H3,(H,19,20). The van der Waals surface area contributed by atoms with Crippen molar-refractivity contribution < 1.29 is 23.5 Å². The SMILES string of the molecule is COC(=O)c1cc(F)ccc1OCC(=O)NCCCCC1CC1. The number of carbonyl (C=O) groups is 2. The van der Waals surface area contributed by atoms with Gasteiger partial charge in [0.1, 0.15) is 17.1 Å². The second-order valence-electron chi connectivity index (χ2n) is 5.71. The van der Waals surface area contributed by atoms with Gasteiger partial charge in [0.05, 0.1) is 7.11 Å². The first kappa shape index (κ1) is 17.2. The van der Waals surface area contributed by atoms with Crippen LogP contribution in [0.4, 0.5) is 4.39 Å². The number of unbranched alkanes of at least 4 members (excludes halogenated alkanes) is 1. The molecule has 0 aromatic heterocycles. The molecule has 0 saturated heterocycles. The van der Waals surface area contributed by atoms with Crippen molar-refractivity contribution in [3.8, 4) is 5.75 Å². The van der Waals surface area contributed by atoms with E-state index in [1.807, 2.05) is 0 Å². The Morgan fingerprint density at radius 2 is 2.09 bits per heavy atom. The van der Waals surface area contributed by atoms with Crippen LogP contribution >= 0.6 is 0 Å². The lowest BCUT2D eigenvalue weighted by molar-refractivity contribution is -0.123. The third kappa shape index (κ3) is 5.88. The molecule has 1 saturated carbocycles. The molecule has 0 heterocycles. The maximum absolute atomic E-state index is 13.2. The maximum Gasteiger partial charge on any atom is 0.341 e. The van der Waals surface area contributed by atoms with Gasteiger partial charge in [0.15, 0.2) is 6.61 Å². The predicted octanol–water partition coefficient (Wildman–Crippen LogP) is 2.69. The number of methoxy groups -OCH3 is 1. The van der Waals surface area contributed by atoms with Crippen molar-refractivity contribution in [2.75, 3.05) is 20.3 Å². The van der Waals surface area contributed by atoms with Crippen LogP contribution in [0.3, 0.4) is 0 Å². The summed E-state index contributed by atoms with van der Waals surface area (Å²) < 4.78 is 23.1. The van der Waals surface area contributed by atoms with Gasteiger partial charge in [-0.25, -0.2) is 9.18 Å². The van der Waals surface area contributed by atoms with Gasteiger partial charge < -0.3 is 14.8 Å².